The highest BCUT2D eigenvalue weighted by Gasteiger charge is 2.28. The number of halogens is 4. The van der Waals surface area contributed by atoms with Gasteiger partial charge in [-0.1, -0.05) is 35.4 Å². The zero-order valence-corrected chi connectivity index (χ0v) is 13.5. The Balaban J connectivity index is 3.21. The SMILES string of the molecule is C=C(C)C(CCC(C)F)C(N)c1c(F)c(O)cc(Cl)c1Cl. The molecule has 0 amide bonds. The topological polar surface area (TPSA) is 46.2 Å². The average Bonchev–Trinajstić information content (AvgIpc) is 2.36. The van der Waals surface area contributed by atoms with Gasteiger partial charge in [-0.2, -0.15) is 0 Å². The highest BCUT2D eigenvalue weighted by atomic mass is 35.5. The number of rotatable bonds is 6. The number of hydrogen-bond acceptors (Lipinski definition) is 2. The first kappa shape index (κ1) is 18.2. The molecular formula is C15H19Cl2F2NO. The summed E-state index contributed by atoms with van der Waals surface area (Å²) in [5.74, 6) is -1.89. The quantitative estimate of drug-likeness (QED) is 0.555. The molecule has 1 rings (SSSR count). The molecule has 0 heterocycles. The van der Waals surface area contributed by atoms with Crippen molar-refractivity contribution in [2.75, 3.05) is 0 Å². The van der Waals surface area contributed by atoms with Crippen LogP contribution in [0.5, 0.6) is 5.75 Å². The maximum Gasteiger partial charge on any atom is 0.171 e. The van der Waals surface area contributed by atoms with Gasteiger partial charge in [-0.3, -0.25) is 0 Å². The van der Waals surface area contributed by atoms with Crippen molar-refractivity contribution in [1.82, 2.24) is 0 Å². The van der Waals surface area contributed by atoms with Gasteiger partial charge in [-0.05, 0) is 32.6 Å². The minimum Gasteiger partial charge on any atom is -0.505 e. The molecule has 0 aromatic heterocycles. The molecule has 1 aromatic rings. The van der Waals surface area contributed by atoms with Crippen molar-refractivity contribution in [3.63, 3.8) is 0 Å². The smallest absolute Gasteiger partial charge is 0.171 e. The van der Waals surface area contributed by atoms with Crippen molar-refractivity contribution in [3.05, 3.63) is 39.6 Å². The first-order valence-electron chi connectivity index (χ1n) is 6.58. The Morgan fingerprint density at radius 1 is 1.43 bits per heavy atom. The van der Waals surface area contributed by atoms with Gasteiger partial charge in [0.25, 0.3) is 0 Å². The van der Waals surface area contributed by atoms with Crippen LogP contribution in [0.4, 0.5) is 8.78 Å². The Hall–Kier alpha value is -0.840. The molecule has 0 bridgehead atoms. The second kappa shape index (κ2) is 7.43. The monoisotopic (exact) mass is 337 g/mol. The van der Waals surface area contributed by atoms with Crippen LogP contribution in [0.1, 0.15) is 38.3 Å². The lowest BCUT2D eigenvalue weighted by molar-refractivity contribution is 0.305. The van der Waals surface area contributed by atoms with Gasteiger partial charge in [-0.15, -0.1) is 0 Å². The van der Waals surface area contributed by atoms with E-state index in [-0.39, 0.29) is 27.9 Å². The van der Waals surface area contributed by atoms with Gasteiger partial charge in [0.2, 0.25) is 0 Å². The second-order valence-corrected chi connectivity index (χ2v) is 6.04. The Bertz CT molecular complexity index is 509. The molecule has 0 aliphatic rings. The summed E-state index contributed by atoms with van der Waals surface area (Å²) in [6.07, 6.45) is -0.319. The lowest BCUT2D eigenvalue weighted by atomic mass is 9.84. The molecule has 21 heavy (non-hydrogen) atoms. The molecule has 0 spiro atoms. The summed E-state index contributed by atoms with van der Waals surface area (Å²) in [5.41, 5.74) is 6.71. The van der Waals surface area contributed by atoms with Gasteiger partial charge in [0.15, 0.2) is 11.6 Å². The molecule has 0 aliphatic carbocycles. The summed E-state index contributed by atoms with van der Waals surface area (Å²) < 4.78 is 27.2. The van der Waals surface area contributed by atoms with Crippen LogP contribution in [0, 0.1) is 11.7 Å². The van der Waals surface area contributed by atoms with Gasteiger partial charge in [0, 0.05) is 17.7 Å². The van der Waals surface area contributed by atoms with Crippen molar-refractivity contribution >= 4 is 23.2 Å². The van der Waals surface area contributed by atoms with E-state index >= 15 is 0 Å². The summed E-state index contributed by atoms with van der Waals surface area (Å²) in [6.45, 7) is 7.00. The van der Waals surface area contributed by atoms with Crippen LogP contribution in [0.2, 0.25) is 10.0 Å². The normalized spacial score (nSPS) is 15.6. The molecule has 3 N–H and O–H groups in total. The Morgan fingerprint density at radius 2 is 2.00 bits per heavy atom. The Morgan fingerprint density at radius 3 is 2.48 bits per heavy atom. The number of phenolic OH excluding ortho intramolecular Hbond substituents is 1. The number of hydrogen-bond donors (Lipinski definition) is 2. The standard InChI is InChI=1S/C15H19Cl2F2NO/c1-7(2)9(5-4-8(3)18)15(20)12-13(17)10(16)6-11(21)14(12)19/h6,8-9,15,21H,1,4-5,20H2,2-3H3. The van der Waals surface area contributed by atoms with Crippen molar-refractivity contribution in [2.24, 2.45) is 11.7 Å². The molecular weight excluding hydrogens is 319 g/mol. The van der Waals surface area contributed by atoms with Crippen molar-refractivity contribution < 1.29 is 13.9 Å². The van der Waals surface area contributed by atoms with Gasteiger partial charge >= 0.3 is 0 Å². The zero-order chi connectivity index (χ0) is 16.3. The summed E-state index contributed by atoms with van der Waals surface area (Å²) in [6, 6.07) is 0.160. The third-order valence-electron chi connectivity index (χ3n) is 3.45. The maximum absolute atomic E-state index is 14.1. The number of nitrogens with two attached hydrogens (primary N) is 1. The Kier molecular flexibility index (Phi) is 6.44. The fraction of sp³-hybridized carbons (Fsp3) is 0.467. The highest BCUT2D eigenvalue weighted by Crippen LogP contribution is 2.41. The second-order valence-electron chi connectivity index (χ2n) is 5.26. The molecule has 0 saturated carbocycles. The molecule has 0 fully saturated rings. The third kappa shape index (κ3) is 4.31. The predicted octanol–water partition coefficient (Wildman–Crippen LogP) is 5.17. The first-order valence-corrected chi connectivity index (χ1v) is 7.33. The molecule has 3 unspecified atom stereocenters. The molecule has 3 atom stereocenters. The lowest BCUT2D eigenvalue weighted by Crippen LogP contribution is -2.24. The molecule has 6 heteroatoms. The van der Waals surface area contributed by atoms with E-state index in [1.54, 1.807) is 6.92 Å². The summed E-state index contributed by atoms with van der Waals surface area (Å²) in [5, 5.41) is 9.51. The molecule has 0 aliphatic heterocycles. The van der Waals surface area contributed by atoms with E-state index in [9.17, 15) is 13.9 Å². The third-order valence-corrected chi connectivity index (χ3v) is 4.25. The van der Waals surface area contributed by atoms with Crippen LogP contribution in [-0.2, 0) is 0 Å². The van der Waals surface area contributed by atoms with E-state index < -0.39 is 23.8 Å². The van der Waals surface area contributed by atoms with E-state index in [0.29, 0.717) is 12.0 Å². The van der Waals surface area contributed by atoms with Crippen LogP contribution in [-0.4, -0.2) is 11.3 Å². The highest BCUT2D eigenvalue weighted by molar-refractivity contribution is 6.42. The molecule has 0 radical (unpaired) electrons. The molecule has 0 saturated heterocycles. The van der Waals surface area contributed by atoms with Gasteiger partial charge in [0.1, 0.15) is 0 Å². The van der Waals surface area contributed by atoms with E-state index in [4.69, 9.17) is 28.9 Å². The van der Waals surface area contributed by atoms with Crippen molar-refractivity contribution in [3.8, 4) is 5.75 Å². The minimum atomic E-state index is -0.993. The van der Waals surface area contributed by atoms with Crippen LogP contribution < -0.4 is 5.73 Å². The van der Waals surface area contributed by atoms with E-state index in [1.165, 1.54) is 6.92 Å². The van der Waals surface area contributed by atoms with Crippen LogP contribution in [0.3, 0.4) is 0 Å². The summed E-state index contributed by atoms with van der Waals surface area (Å²) in [4.78, 5) is 0. The average molecular weight is 338 g/mol. The van der Waals surface area contributed by atoms with Gasteiger partial charge in [-0.25, -0.2) is 8.78 Å². The number of phenols is 1. The Labute approximate surface area is 133 Å². The van der Waals surface area contributed by atoms with Crippen LogP contribution in [0.25, 0.3) is 0 Å². The summed E-state index contributed by atoms with van der Waals surface area (Å²) >= 11 is 11.9. The molecule has 1 aromatic carbocycles. The van der Waals surface area contributed by atoms with Crippen molar-refractivity contribution in [1.29, 1.82) is 0 Å². The predicted molar refractivity (Wildman–Crippen MR) is 83.1 cm³/mol. The largest absolute Gasteiger partial charge is 0.505 e. The van der Waals surface area contributed by atoms with E-state index in [0.717, 1.165) is 6.07 Å². The number of aromatic hydroxyl groups is 1. The summed E-state index contributed by atoms with van der Waals surface area (Å²) in [7, 11) is 0. The minimum absolute atomic E-state index is 0.0142. The van der Waals surface area contributed by atoms with Crippen LogP contribution >= 0.6 is 23.2 Å². The maximum atomic E-state index is 14.1. The van der Waals surface area contributed by atoms with Gasteiger partial charge < -0.3 is 10.8 Å². The van der Waals surface area contributed by atoms with Crippen molar-refractivity contribution in [2.45, 2.75) is 38.9 Å². The zero-order valence-electron chi connectivity index (χ0n) is 12.0. The molecule has 2 nitrogen and oxygen atoms in total. The van der Waals surface area contributed by atoms with E-state index in [2.05, 4.69) is 6.58 Å². The van der Waals surface area contributed by atoms with Crippen LogP contribution in [0.15, 0.2) is 18.2 Å². The fourth-order valence-corrected chi connectivity index (χ4v) is 2.71. The fourth-order valence-electron chi connectivity index (χ4n) is 2.25. The van der Waals surface area contributed by atoms with E-state index in [1.807, 2.05) is 0 Å². The number of benzene rings is 1. The van der Waals surface area contributed by atoms with Gasteiger partial charge in [0.05, 0.1) is 16.2 Å². The lowest BCUT2D eigenvalue weighted by Gasteiger charge is -2.26. The molecule has 118 valence electrons. The number of alkyl halides is 1. The first-order chi connectivity index (χ1) is 9.66.